The van der Waals surface area contributed by atoms with Crippen LogP contribution in [0.2, 0.25) is 5.02 Å². The largest absolute Gasteiger partial charge is 0.495 e. The number of ether oxygens (including phenoxy) is 1. The molecule has 0 amide bonds. The third kappa shape index (κ3) is 2.40. The Morgan fingerprint density at radius 2 is 2.10 bits per heavy atom. The second-order valence-corrected chi connectivity index (χ2v) is 5.05. The van der Waals surface area contributed by atoms with Gasteiger partial charge in [0.15, 0.2) is 11.7 Å². The van der Waals surface area contributed by atoms with E-state index in [1.165, 1.54) is 0 Å². The van der Waals surface area contributed by atoms with Crippen LogP contribution >= 0.6 is 11.6 Å². The summed E-state index contributed by atoms with van der Waals surface area (Å²) in [4.78, 5) is 8.67. The van der Waals surface area contributed by atoms with E-state index in [4.69, 9.17) is 20.8 Å². The molecule has 0 saturated carbocycles. The Hall–Kier alpha value is -2.27. The summed E-state index contributed by atoms with van der Waals surface area (Å²) < 4.78 is 12.6. The molecule has 0 fully saturated rings. The minimum atomic E-state index is 0.596. The van der Waals surface area contributed by atoms with Crippen LogP contribution in [-0.2, 0) is 0 Å². The quantitative estimate of drug-likeness (QED) is 0.738. The summed E-state index contributed by atoms with van der Waals surface area (Å²) in [7, 11) is 1.61. The lowest BCUT2D eigenvalue weighted by molar-refractivity contribution is 0.413. The van der Waals surface area contributed by atoms with E-state index in [0.717, 1.165) is 11.3 Å². The van der Waals surface area contributed by atoms with Gasteiger partial charge in [0.25, 0.3) is 0 Å². The molecule has 3 aromatic rings. The Bertz CT molecular complexity index is 792. The van der Waals surface area contributed by atoms with Crippen LogP contribution in [-0.4, -0.2) is 21.6 Å². The van der Waals surface area contributed by atoms with Crippen LogP contribution in [0.5, 0.6) is 5.75 Å². The lowest BCUT2D eigenvalue weighted by Crippen LogP contribution is -2.00. The number of methoxy groups -OCH3 is 1. The summed E-state index contributed by atoms with van der Waals surface area (Å²) in [5.74, 6) is 1.95. The molecule has 0 bridgehead atoms. The molecule has 0 spiro atoms. The molecule has 21 heavy (non-hydrogen) atoms. The summed E-state index contributed by atoms with van der Waals surface area (Å²) in [6.07, 6.45) is 5.15. The van der Waals surface area contributed by atoms with Crippen LogP contribution in [0.3, 0.4) is 0 Å². The third-order valence-electron chi connectivity index (χ3n) is 3.21. The number of benzene rings is 1. The van der Waals surface area contributed by atoms with Crippen molar-refractivity contribution in [3.05, 3.63) is 47.3 Å². The van der Waals surface area contributed by atoms with Gasteiger partial charge >= 0.3 is 0 Å². The number of nitrogens with zero attached hydrogens (tertiary/aromatic N) is 3. The van der Waals surface area contributed by atoms with E-state index in [1.54, 1.807) is 32.6 Å². The molecule has 6 heteroatoms. The molecule has 1 aromatic carbocycles. The van der Waals surface area contributed by atoms with Crippen molar-refractivity contribution in [1.29, 1.82) is 0 Å². The monoisotopic (exact) mass is 303 g/mol. The molecule has 5 nitrogen and oxygen atoms in total. The predicted octanol–water partition coefficient (Wildman–Crippen LogP) is 3.81. The van der Waals surface area contributed by atoms with Crippen molar-refractivity contribution in [1.82, 2.24) is 14.5 Å². The first kappa shape index (κ1) is 13.7. The molecule has 2 aromatic heterocycles. The van der Waals surface area contributed by atoms with Gasteiger partial charge in [-0.15, -0.1) is 0 Å². The molecule has 2 heterocycles. The van der Waals surface area contributed by atoms with Crippen molar-refractivity contribution >= 4 is 11.6 Å². The fourth-order valence-electron chi connectivity index (χ4n) is 2.15. The Balaban J connectivity index is 2.18. The SMILES string of the molecule is COc1cc(Cl)c(C)cc1-n1ccnc1-c1coc(C)n1. The first-order valence-electron chi connectivity index (χ1n) is 6.40. The van der Waals surface area contributed by atoms with Crippen molar-refractivity contribution in [2.75, 3.05) is 7.11 Å². The van der Waals surface area contributed by atoms with E-state index in [9.17, 15) is 0 Å². The molecule has 3 rings (SSSR count). The first-order chi connectivity index (χ1) is 10.1. The third-order valence-corrected chi connectivity index (χ3v) is 3.62. The minimum Gasteiger partial charge on any atom is -0.495 e. The Morgan fingerprint density at radius 1 is 1.29 bits per heavy atom. The van der Waals surface area contributed by atoms with Gasteiger partial charge in [-0.25, -0.2) is 9.97 Å². The standard InChI is InChI=1S/C15H14ClN3O2/c1-9-6-13(14(20-3)7-11(9)16)19-5-4-17-15(19)12-8-21-10(2)18-12/h4-8H,1-3H3. The molecule has 0 N–H and O–H groups in total. The highest BCUT2D eigenvalue weighted by Crippen LogP contribution is 2.32. The summed E-state index contributed by atoms with van der Waals surface area (Å²) in [5.41, 5.74) is 2.49. The maximum atomic E-state index is 6.15. The van der Waals surface area contributed by atoms with Crippen LogP contribution in [0.4, 0.5) is 0 Å². The van der Waals surface area contributed by atoms with Crippen molar-refractivity contribution < 1.29 is 9.15 Å². The van der Waals surface area contributed by atoms with E-state index in [1.807, 2.05) is 23.8 Å². The zero-order valence-electron chi connectivity index (χ0n) is 11.9. The smallest absolute Gasteiger partial charge is 0.191 e. The molecule has 0 atom stereocenters. The first-order valence-corrected chi connectivity index (χ1v) is 6.78. The maximum Gasteiger partial charge on any atom is 0.191 e. The lowest BCUT2D eigenvalue weighted by Gasteiger charge is -2.13. The number of oxazole rings is 1. The van der Waals surface area contributed by atoms with E-state index < -0.39 is 0 Å². The second kappa shape index (κ2) is 5.26. The van der Waals surface area contributed by atoms with Gasteiger partial charge in [0, 0.05) is 30.4 Å². The average Bonchev–Trinajstić information content (AvgIpc) is 3.09. The van der Waals surface area contributed by atoms with Crippen molar-refractivity contribution in [2.45, 2.75) is 13.8 Å². The highest BCUT2D eigenvalue weighted by molar-refractivity contribution is 6.31. The van der Waals surface area contributed by atoms with Crippen molar-refractivity contribution in [3.63, 3.8) is 0 Å². The van der Waals surface area contributed by atoms with Gasteiger partial charge < -0.3 is 9.15 Å². The number of aromatic nitrogens is 3. The number of hydrogen-bond acceptors (Lipinski definition) is 4. The van der Waals surface area contributed by atoms with Crippen LogP contribution in [0.1, 0.15) is 11.5 Å². The number of hydrogen-bond donors (Lipinski definition) is 0. The van der Waals surface area contributed by atoms with E-state index in [0.29, 0.717) is 28.2 Å². The van der Waals surface area contributed by atoms with E-state index >= 15 is 0 Å². The van der Waals surface area contributed by atoms with Gasteiger partial charge in [0.2, 0.25) is 0 Å². The summed E-state index contributed by atoms with van der Waals surface area (Å²) in [6, 6.07) is 3.75. The molecular formula is C15H14ClN3O2. The summed E-state index contributed by atoms with van der Waals surface area (Å²) in [6.45, 7) is 3.74. The van der Waals surface area contributed by atoms with Crippen LogP contribution in [0.15, 0.2) is 35.2 Å². The molecule has 0 radical (unpaired) electrons. The summed E-state index contributed by atoms with van der Waals surface area (Å²) >= 11 is 6.15. The van der Waals surface area contributed by atoms with Gasteiger partial charge in [-0.2, -0.15) is 0 Å². The Morgan fingerprint density at radius 3 is 2.76 bits per heavy atom. The van der Waals surface area contributed by atoms with E-state index in [-0.39, 0.29) is 0 Å². The Kier molecular flexibility index (Phi) is 3.43. The summed E-state index contributed by atoms with van der Waals surface area (Å²) in [5, 5.41) is 0.662. The fraction of sp³-hybridized carbons (Fsp3) is 0.200. The topological polar surface area (TPSA) is 53.1 Å². The molecule has 0 saturated heterocycles. The molecule has 0 aliphatic rings. The lowest BCUT2D eigenvalue weighted by atomic mass is 10.2. The van der Waals surface area contributed by atoms with Crippen LogP contribution in [0.25, 0.3) is 17.2 Å². The van der Waals surface area contributed by atoms with Crippen molar-refractivity contribution in [3.8, 4) is 23.0 Å². The zero-order chi connectivity index (χ0) is 15.0. The van der Waals surface area contributed by atoms with Crippen LogP contribution in [0, 0.1) is 13.8 Å². The van der Waals surface area contributed by atoms with Gasteiger partial charge in [-0.05, 0) is 18.6 Å². The number of aryl methyl sites for hydroxylation is 2. The van der Waals surface area contributed by atoms with Crippen molar-refractivity contribution in [2.24, 2.45) is 0 Å². The van der Waals surface area contributed by atoms with E-state index in [2.05, 4.69) is 9.97 Å². The highest BCUT2D eigenvalue weighted by atomic mass is 35.5. The number of halogens is 1. The Labute approximate surface area is 127 Å². The predicted molar refractivity (Wildman–Crippen MR) is 80.1 cm³/mol. The molecule has 0 unspecified atom stereocenters. The highest BCUT2D eigenvalue weighted by Gasteiger charge is 2.15. The molecule has 108 valence electrons. The fourth-order valence-corrected chi connectivity index (χ4v) is 2.31. The normalized spacial score (nSPS) is 10.9. The molecular weight excluding hydrogens is 290 g/mol. The molecule has 0 aliphatic carbocycles. The average molecular weight is 304 g/mol. The van der Waals surface area contributed by atoms with Gasteiger partial charge in [-0.1, -0.05) is 11.6 Å². The van der Waals surface area contributed by atoms with Gasteiger partial charge in [0.05, 0.1) is 12.8 Å². The number of imidazole rings is 1. The van der Waals surface area contributed by atoms with Gasteiger partial charge in [0.1, 0.15) is 17.7 Å². The maximum absolute atomic E-state index is 6.15. The zero-order valence-corrected chi connectivity index (χ0v) is 12.7. The van der Waals surface area contributed by atoms with Gasteiger partial charge in [-0.3, -0.25) is 4.57 Å². The molecule has 0 aliphatic heterocycles. The number of rotatable bonds is 3. The minimum absolute atomic E-state index is 0.596. The second-order valence-electron chi connectivity index (χ2n) is 4.65. The van der Waals surface area contributed by atoms with Crippen LogP contribution < -0.4 is 4.74 Å².